The van der Waals surface area contributed by atoms with Crippen LogP contribution in [0.1, 0.15) is 18.4 Å². The first-order valence-electron chi connectivity index (χ1n) is 4.64. The van der Waals surface area contributed by atoms with Gasteiger partial charge in [-0.15, -0.1) is 0 Å². The van der Waals surface area contributed by atoms with E-state index in [0.29, 0.717) is 0 Å². The van der Waals surface area contributed by atoms with E-state index in [-0.39, 0.29) is 0 Å². The van der Waals surface area contributed by atoms with Gasteiger partial charge in [-0.3, -0.25) is 0 Å². The smallest absolute Gasteiger partial charge is 0.132 e. The first-order valence-corrected chi connectivity index (χ1v) is 5.72. The zero-order valence-electron chi connectivity index (χ0n) is 7.72. The summed E-state index contributed by atoms with van der Waals surface area (Å²) in [5, 5.41) is 0. The average molecular weight is 288 g/mol. The van der Waals surface area contributed by atoms with Crippen LogP contribution in [0.25, 0.3) is 0 Å². The van der Waals surface area contributed by atoms with E-state index < -0.39 is 0 Å². The standard InChI is InChI=1S/C11H13IO/c1-8-2-5-11(10(12)6-8)13-7-9-3-4-9/h2,5-6,9H,3-4,7H2,1H3. The van der Waals surface area contributed by atoms with Gasteiger partial charge in [0, 0.05) is 0 Å². The third-order valence-corrected chi connectivity index (χ3v) is 3.10. The van der Waals surface area contributed by atoms with Gasteiger partial charge < -0.3 is 4.74 Å². The monoisotopic (exact) mass is 288 g/mol. The molecule has 1 aliphatic rings. The normalized spacial score (nSPS) is 15.8. The van der Waals surface area contributed by atoms with Crippen molar-refractivity contribution in [2.45, 2.75) is 19.8 Å². The fourth-order valence-electron chi connectivity index (χ4n) is 1.22. The SMILES string of the molecule is Cc1ccc(OCC2CC2)c(I)c1. The second-order valence-corrected chi connectivity index (χ2v) is 4.85. The van der Waals surface area contributed by atoms with Gasteiger partial charge >= 0.3 is 0 Å². The minimum atomic E-state index is 0.831. The van der Waals surface area contributed by atoms with E-state index in [0.717, 1.165) is 18.3 Å². The summed E-state index contributed by atoms with van der Waals surface area (Å²) < 4.78 is 6.93. The zero-order valence-corrected chi connectivity index (χ0v) is 9.87. The van der Waals surface area contributed by atoms with Crippen LogP contribution in [0.2, 0.25) is 0 Å². The number of benzene rings is 1. The summed E-state index contributed by atoms with van der Waals surface area (Å²) in [6.45, 7) is 3.01. The summed E-state index contributed by atoms with van der Waals surface area (Å²) >= 11 is 2.33. The Labute approximate surface area is 92.6 Å². The molecule has 0 heterocycles. The van der Waals surface area contributed by atoms with E-state index in [1.54, 1.807) is 0 Å². The van der Waals surface area contributed by atoms with Crippen LogP contribution < -0.4 is 4.74 Å². The van der Waals surface area contributed by atoms with E-state index in [2.05, 4.69) is 47.7 Å². The van der Waals surface area contributed by atoms with Crippen LogP contribution in [0, 0.1) is 16.4 Å². The molecule has 0 aliphatic heterocycles. The zero-order chi connectivity index (χ0) is 9.26. The van der Waals surface area contributed by atoms with Gasteiger partial charge in [0.05, 0.1) is 10.2 Å². The van der Waals surface area contributed by atoms with Crippen molar-refractivity contribution in [1.29, 1.82) is 0 Å². The van der Waals surface area contributed by atoms with E-state index in [1.165, 1.54) is 22.0 Å². The number of ether oxygens (including phenoxy) is 1. The maximum absolute atomic E-state index is 5.71. The molecule has 13 heavy (non-hydrogen) atoms. The molecule has 1 aromatic carbocycles. The van der Waals surface area contributed by atoms with Gasteiger partial charge in [0.25, 0.3) is 0 Å². The Morgan fingerprint density at radius 3 is 2.85 bits per heavy atom. The van der Waals surface area contributed by atoms with Crippen LogP contribution in [0.3, 0.4) is 0 Å². The number of rotatable bonds is 3. The second-order valence-electron chi connectivity index (χ2n) is 3.69. The topological polar surface area (TPSA) is 9.23 Å². The molecular formula is C11H13IO. The molecule has 1 aliphatic carbocycles. The minimum Gasteiger partial charge on any atom is -0.492 e. The van der Waals surface area contributed by atoms with Gasteiger partial charge in [-0.25, -0.2) is 0 Å². The molecule has 1 saturated carbocycles. The highest BCUT2D eigenvalue weighted by Crippen LogP contribution is 2.30. The van der Waals surface area contributed by atoms with Crippen LogP contribution in [-0.4, -0.2) is 6.61 Å². The number of hydrogen-bond acceptors (Lipinski definition) is 1. The summed E-state index contributed by atoms with van der Waals surface area (Å²) in [4.78, 5) is 0. The first-order chi connectivity index (χ1) is 6.25. The molecule has 1 fully saturated rings. The Morgan fingerprint density at radius 1 is 1.46 bits per heavy atom. The molecule has 70 valence electrons. The molecule has 1 nitrogen and oxygen atoms in total. The molecule has 0 spiro atoms. The van der Waals surface area contributed by atoms with Crippen LogP contribution in [-0.2, 0) is 0 Å². The highest BCUT2D eigenvalue weighted by atomic mass is 127. The summed E-state index contributed by atoms with van der Waals surface area (Å²) in [5.41, 5.74) is 1.29. The van der Waals surface area contributed by atoms with Gasteiger partial charge in [0.2, 0.25) is 0 Å². The predicted octanol–water partition coefficient (Wildman–Crippen LogP) is 3.39. The van der Waals surface area contributed by atoms with E-state index in [4.69, 9.17) is 4.74 Å². The largest absolute Gasteiger partial charge is 0.492 e. The molecule has 1 aromatic rings. The number of halogens is 1. The molecule has 0 unspecified atom stereocenters. The molecule has 0 atom stereocenters. The summed E-state index contributed by atoms with van der Waals surface area (Å²) in [6.07, 6.45) is 2.70. The Morgan fingerprint density at radius 2 is 2.23 bits per heavy atom. The molecule has 0 radical (unpaired) electrons. The number of aryl methyl sites for hydroxylation is 1. The maximum atomic E-state index is 5.71. The third-order valence-electron chi connectivity index (χ3n) is 2.26. The summed E-state index contributed by atoms with van der Waals surface area (Å²) in [5.74, 6) is 1.87. The lowest BCUT2D eigenvalue weighted by atomic mass is 10.2. The molecule has 0 aromatic heterocycles. The fraction of sp³-hybridized carbons (Fsp3) is 0.455. The second kappa shape index (κ2) is 3.86. The van der Waals surface area contributed by atoms with Gasteiger partial charge in [-0.2, -0.15) is 0 Å². The lowest BCUT2D eigenvalue weighted by Crippen LogP contribution is -2.00. The summed E-state index contributed by atoms with van der Waals surface area (Å²) in [6, 6.07) is 6.33. The quantitative estimate of drug-likeness (QED) is 0.775. The first kappa shape index (κ1) is 9.31. The lowest BCUT2D eigenvalue weighted by molar-refractivity contribution is 0.297. The van der Waals surface area contributed by atoms with Gasteiger partial charge in [0.1, 0.15) is 5.75 Å². The van der Waals surface area contributed by atoms with Gasteiger partial charge in [0.15, 0.2) is 0 Å². The predicted molar refractivity (Wildman–Crippen MR) is 62.1 cm³/mol. The van der Waals surface area contributed by atoms with Crippen LogP contribution in [0.4, 0.5) is 0 Å². The van der Waals surface area contributed by atoms with Crippen LogP contribution in [0.5, 0.6) is 5.75 Å². The van der Waals surface area contributed by atoms with Crippen molar-refractivity contribution in [2.24, 2.45) is 5.92 Å². The van der Waals surface area contributed by atoms with Crippen molar-refractivity contribution in [3.05, 3.63) is 27.3 Å². The Balaban J connectivity index is 2.01. The highest BCUT2D eigenvalue weighted by molar-refractivity contribution is 14.1. The molecule has 2 heteroatoms. The molecular weight excluding hydrogens is 275 g/mol. The van der Waals surface area contributed by atoms with E-state index in [1.807, 2.05) is 0 Å². The molecule has 0 bridgehead atoms. The van der Waals surface area contributed by atoms with Crippen LogP contribution >= 0.6 is 22.6 Å². The lowest BCUT2D eigenvalue weighted by Gasteiger charge is -2.07. The van der Waals surface area contributed by atoms with E-state index in [9.17, 15) is 0 Å². The van der Waals surface area contributed by atoms with Gasteiger partial charge in [-0.1, -0.05) is 6.07 Å². The maximum Gasteiger partial charge on any atom is 0.132 e. The van der Waals surface area contributed by atoms with Crippen molar-refractivity contribution >= 4 is 22.6 Å². The van der Waals surface area contributed by atoms with Gasteiger partial charge in [-0.05, 0) is 66.0 Å². The third kappa shape index (κ3) is 2.59. The van der Waals surface area contributed by atoms with Crippen LogP contribution in [0.15, 0.2) is 18.2 Å². The Kier molecular flexibility index (Phi) is 2.77. The molecule has 0 saturated heterocycles. The highest BCUT2D eigenvalue weighted by Gasteiger charge is 2.22. The minimum absolute atomic E-state index is 0.831. The summed E-state index contributed by atoms with van der Waals surface area (Å²) in [7, 11) is 0. The van der Waals surface area contributed by atoms with E-state index >= 15 is 0 Å². The average Bonchev–Trinajstić information content (AvgIpc) is 2.86. The van der Waals surface area contributed by atoms with Crippen molar-refractivity contribution in [3.8, 4) is 5.75 Å². The molecule has 0 N–H and O–H groups in total. The van der Waals surface area contributed by atoms with Crippen molar-refractivity contribution in [3.63, 3.8) is 0 Å². The number of hydrogen-bond donors (Lipinski definition) is 0. The fourth-order valence-corrected chi connectivity index (χ4v) is 2.04. The Bertz CT molecular complexity index is 305. The van der Waals surface area contributed by atoms with Crippen molar-refractivity contribution in [2.75, 3.05) is 6.61 Å². The molecule has 2 rings (SSSR count). The Hall–Kier alpha value is -0.250. The molecule has 0 amide bonds. The van der Waals surface area contributed by atoms with Crippen molar-refractivity contribution in [1.82, 2.24) is 0 Å². The van der Waals surface area contributed by atoms with Crippen molar-refractivity contribution < 1.29 is 4.74 Å².